The Hall–Kier alpha value is -1.43. The first kappa shape index (κ1) is 19.3. The Balaban J connectivity index is 1.58. The highest BCUT2D eigenvalue weighted by molar-refractivity contribution is 5.94. The van der Waals surface area contributed by atoms with Gasteiger partial charge in [-0.15, -0.1) is 0 Å². The van der Waals surface area contributed by atoms with Crippen LogP contribution in [0.4, 0.5) is 0 Å². The van der Waals surface area contributed by atoms with Gasteiger partial charge in [-0.2, -0.15) is 0 Å². The first-order chi connectivity index (χ1) is 12.3. The van der Waals surface area contributed by atoms with Crippen LogP contribution in [0.2, 0.25) is 0 Å². The number of nitrogens with zero attached hydrogens (tertiary/aromatic N) is 2. The van der Waals surface area contributed by atoms with Crippen molar-refractivity contribution in [2.24, 2.45) is 0 Å². The molecule has 2 aliphatic rings. The molecule has 1 aromatic rings. The van der Waals surface area contributed by atoms with Crippen molar-refractivity contribution < 1.29 is 15.0 Å². The number of benzene rings is 1. The second-order valence-corrected chi connectivity index (χ2v) is 8.45. The number of piperidine rings is 1. The smallest absolute Gasteiger partial charge is 0.253 e. The van der Waals surface area contributed by atoms with E-state index < -0.39 is 11.7 Å². The number of carbonyl (C=O) groups is 1. The third kappa shape index (κ3) is 4.84. The highest BCUT2D eigenvalue weighted by atomic mass is 16.3. The summed E-state index contributed by atoms with van der Waals surface area (Å²) in [6.45, 7) is 6.70. The van der Waals surface area contributed by atoms with Gasteiger partial charge >= 0.3 is 0 Å². The minimum absolute atomic E-state index is 0.00222. The summed E-state index contributed by atoms with van der Waals surface area (Å²) in [5, 5.41) is 20.3. The van der Waals surface area contributed by atoms with Crippen molar-refractivity contribution in [1.82, 2.24) is 9.80 Å². The van der Waals surface area contributed by atoms with Gasteiger partial charge in [0.2, 0.25) is 0 Å². The van der Waals surface area contributed by atoms with Gasteiger partial charge in [-0.1, -0.05) is 18.6 Å². The van der Waals surface area contributed by atoms with Crippen molar-refractivity contribution in [3.05, 3.63) is 35.4 Å². The first-order valence-electron chi connectivity index (χ1n) is 9.86. The largest absolute Gasteiger partial charge is 0.390 e. The van der Waals surface area contributed by atoms with E-state index in [-0.39, 0.29) is 11.9 Å². The van der Waals surface area contributed by atoms with Gasteiger partial charge in [0.15, 0.2) is 0 Å². The van der Waals surface area contributed by atoms with E-state index in [9.17, 15) is 15.0 Å². The molecule has 0 bridgehead atoms. The number of aliphatic hydroxyl groups excluding tert-OH is 1. The maximum atomic E-state index is 12.8. The molecular weight excluding hydrogens is 328 g/mol. The molecular formula is C21H32N2O3. The number of β-amino-alcohol motifs (C(OH)–C–C–N with tert-alkyl or cyclic N) is 1. The summed E-state index contributed by atoms with van der Waals surface area (Å²) < 4.78 is 0. The van der Waals surface area contributed by atoms with E-state index in [0.29, 0.717) is 25.1 Å². The van der Waals surface area contributed by atoms with Crippen LogP contribution in [-0.2, 0) is 6.42 Å². The Kier molecular flexibility index (Phi) is 6.00. The maximum absolute atomic E-state index is 12.8. The first-order valence-corrected chi connectivity index (χ1v) is 9.86. The van der Waals surface area contributed by atoms with Crippen molar-refractivity contribution >= 4 is 5.91 Å². The van der Waals surface area contributed by atoms with E-state index in [1.165, 1.54) is 19.3 Å². The summed E-state index contributed by atoms with van der Waals surface area (Å²) in [5.41, 5.74) is 1.11. The van der Waals surface area contributed by atoms with Gasteiger partial charge < -0.3 is 15.1 Å². The summed E-state index contributed by atoms with van der Waals surface area (Å²) in [7, 11) is 0. The Labute approximate surface area is 156 Å². The van der Waals surface area contributed by atoms with Crippen LogP contribution in [0.15, 0.2) is 24.3 Å². The second-order valence-electron chi connectivity index (χ2n) is 8.45. The average Bonchev–Trinajstić information content (AvgIpc) is 3.02. The van der Waals surface area contributed by atoms with Gasteiger partial charge in [-0.3, -0.25) is 9.69 Å². The minimum Gasteiger partial charge on any atom is -0.390 e. The van der Waals surface area contributed by atoms with Gasteiger partial charge in [0.1, 0.15) is 0 Å². The lowest BCUT2D eigenvalue weighted by Gasteiger charge is -2.33. The number of likely N-dealkylation sites (tertiary alicyclic amines) is 2. The number of amides is 1. The quantitative estimate of drug-likeness (QED) is 0.844. The molecule has 2 atom stereocenters. The zero-order valence-electron chi connectivity index (χ0n) is 16.0. The zero-order valence-corrected chi connectivity index (χ0v) is 16.0. The second kappa shape index (κ2) is 8.07. The highest BCUT2D eigenvalue weighted by Crippen LogP contribution is 2.22. The van der Waals surface area contributed by atoms with E-state index >= 15 is 0 Å². The highest BCUT2D eigenvalue weighted by Gasteiger charge is 2.38. The number of hydrogen-bond acceptors (Lipinski definition) is 4. The van der Waals surface area contributed by atoms with Crippen LogP contribution >= 0.6 is 0 Å². The number of carbonyl (C=O) groups excluding carboxylic acids is 1. The molecule has 0 aromatic heterocycles. The molecule has 2 N–H and O–H groups in total. The summed E-state index contributed by atoms with van der Waals surface area (Å²) >= 11 is 0. The Morgan fingerprint density at radius 1 is 1.12 bits per heavy atom. The normalized spacial score (nSPS) is 24.8. The Morgan fingerprint density at radius 3 is 2.38 bits per heavy atom. The molecule has 26 heavy (non-hydrogen) atoms. The molecule has 1 aromatic carbocycles. The summed E-state index contributed by atoms with van der Waals surface area (Å²) in [5.74, 6) is -0.00222. The van der Waals surface area contributed by atoms with Gasteiger partial charge in [0, 0.05) is 18.7 Å². The molecule has 0 unspecified atom stereocenters. The molecule has 0 radical (unpaired) electrons. The molecule has 5 heteroatoms. The van der Waals surface area contributed by atoms with Crippen molar-refractivity contribution in [3.63, 3.8) is 0 Å². The van der Waals surface area contributed by atoms with Gasteiger partial charge in [0.05, 0.1) is 17.7 Å². The molecule has 2 saturated heterocycles. The molecule has 2 fully saturated rings. The standard InChI is InChI=1S/C21H32N2O3/c1-21(2,26)11-10-16-6-8-17(9-7-16)20(25)23-14-18(19(24)15-23)22-12-4-3-5-13-22/h6-9,18-19,24,26H,3-5,10-15H2,1-2H3/t18-,19-/m1/s1. The Bertz CT molecular complexity index is 603. The average molecular weight is 360 g/mol. The minimum atomic E-state index is -0.677. The number of aryl methyl sites for hydroxylation is 1. The lowest BCUT2D eigenvalue weighted by atomic mass is 9.98. The molecule has 3 rings (SSSR count). The van der Waals surface area contributed by atoms with Crippen LogP contribution in [0.5, 0.6) is 0 Å². The number of rotatable bonds is 5. The van der Waals surface area contributed by atoms with E-state index in [4.69, 9.17) is 0 Å². The number of hydrogen-bond donors (Lipinski definition) is 2. The fourth-order valence-electron chi connectivity index (χ4n) is 3.99. The third-order valence-electron chi connectivity index (χ3n) is 5.63. The fraction of sp³-hybridized carbons (Fsp3) is 0.667. The van der Waals surface area contributed by atoms with Gasteiger partial charge in [-0.25, -0.2) is 0 Å². The van der Waals surface area contributed by atoms with E-state index in [1.54, 1.807) is 4.90 Å². The van der Waals surface area contributed by atoms with Gasteiger partial charge in [0.25, 0.3) is 5.91 Å². The van der Waals surface area contributed by atoms with Crippen LogP contribution in [-0.4, -0.2) is 69.8 Å². The topological polar surface area (TPSA) is 64.0 Å². The van der Waals surface area contributed by atoms with Crippen LogP contribution in [0.1, 0.15) is 55.5 Å². The van der Waals surface area contributed by atoms with E-state index in [1.807, 2.05) is 38.1 Å². The van der Waals surface area contributed by atoms with Crippen LogP contribution < -0.4 is 0 Å². The van der Waals surface area contributed by atoms with E-state index in [2.05, 4.69) is 4.90 Å². The van der Waals surface area contributed by atoms with Crippen molar-refractivity contribution in [1.29, 1.82) is 0 Å². The molecule has 144 valence electrons. The molecule has 2 aliphatic heterocycles. The number of aliphatic hydroxyl groups is 2. The van der Waals surface area contributed by atoms with Crippen LogP contribution in [0.3, 0.4) is 0 Å². The summed E-state index contributed by atoms with van der Waals surface area (Å²) in [6.07, 6.45) is 4.66. The summed E-state index contributed by atoms with van der Waals surface area (Å²) in [6, 6.07) is 7.73. The predicted octanol–water partition coefficient (Wildman–Crippen LogP) is 2.06. The molecule has 2 heterocycles. The predicted molar refractivity (Wildman–Crippen MR) is 102 cm³/mol. The molecule has 5 nitrogen and oxygen atoms in total. The SMILES string of the molecule is CC(C)(O)CCc1ccc(C(=O)N2C[C@@H](O)[C@H](N3CCCCC3)C2)cc1. The van der Waals surface area contributed by atoms with Crippen molar-refractivity contribution in [2.75, 3.05) is 26.2 Å². The van der Waals surface area contributed by atoms with Crippen LogP contribution in [0, 0.1) is 0 Å². The zero-order chi connectivity index (χ0) is 18.7. The Morgan fingerprint density at radius 2 is 1.77 bits per heavy atom. The third-order valence-corrected chi connectivity index (χ3v) is 5.63. The monoisotopic (exact) mass is 360 g/mol. The molecule has 0 saturated carbocycles. The van der Waals surface area contributed by atoms with Crippen molar-refractivity contribution in [3.8, 4) is 0 Å². The van der Waals surface area contributed by atoms with E-state index in [0.717, 1.165) is 25.1 Å². The lowest BCUT2D eigenvalue weighted by molar-refractivity contribution is 0.0702. The maximum Gasteiger partial charge on any atom is 0.253 e. The van der Waals surface area contributed by atoms with Gasteiger partial charge in [-0.05, 0) is 70.3 Å². The summed E-state index contributed by atoms with van der Waals surface area (Å²) in [4.78, 5) is 16.9. The fourth-order valence-corrected chi connectivity index (χ4v) is 3.99. The molecule has 0 aliphatic carbocycles. The van der Waals surface area contributed by atoms with Crippen molar-refractivity contribution in [2.45, 2.75) is 63.7 Å². The lowest BCUT2D eigenvalue weighted by Crippen LogP contribution is -2.46. The molecule has 0 spiro atoms. The van der Waals surface area contributed by atoms with Crippen LogP contribution in [0.25, 0.3) is 0 Å². The molecule has 1 amide bonds.